The van der Waals surface area contributed by atoms with Crippen molar-refractivity contribution in [1.82, 2.24) is 9.80 Å². The van der Waals surface area contributed by atoms with Gasteiger partial charge in [-0.1, -0.05) is 40.9 Å². The Balaban J connectivity index is 1.29. The van der Waals surface area contributed by atoms with Crippen molar-refractivity contribution < 1.29 is 14.3 Å². The first-order valence-electron chi connectivity index (χ1n) is 13.2. The molecule has 190 valence electrons. The molecule has 4 aliphatic carbocycles. The fraction of sp³-hybridized carbons (Fsp3) is 0.741. The molecule has 5 fully saturated rings. The molecule has 2 aliphatic heterocycles. The Hall–Kier alpha value is -0.880. The zero-order valence-corrected chi connectivity index (χ0v) is 22.4. The van der Waals surface area contributed by atoms with Crippen molar-refractivity contribution in [3.8, 4) is 5.75 Å². The second kappa shape index (κ2) is 7.82. The summed E-state index contributed by atoms with van der Waals surface area (Å²) in [4.78, 5) is 18.0. The van der Waals surface area contributed by atoms with Crippen LogP contribution in [0.4, 0.5) is 4.79 Å². The van der Waals surface area contributed by atoms with Crippen molar-refractivity contribution in [1.29, 1.82) is 0 Å². The fourth-order valence-corrected chi connectivity index (χ4v) is 9.66. The Labute approximate surface area is 222 Å². The van der Waals surface area contributed by atoms with Crippen LogP contribution in [0, 0.1) is 23.2 Å². The van der Waals surface area contributed by atoms with E-state index in [4.69, 9.17) is 44.3 Å². The molecule has 7 rings (SSSR count). The maximum absolute atomic E-state index is 13.2. The Morgan fingerprint density at radius 3 is 2.77 bits per heavy atom. The van der Waals surface area contributed by atoms with E-state index in [2.05, 4.69) is 23.1 Å². The molecule has 3 saturated carbocycles. The van der Waals surface area contributed by atoms with Gasteiger partial charge in [0, 0.05) is 30.6 Å². The molecule has 1 aromatic rings. The molecule has 0 aromatic heterocycles. The minimum atomic E-state index is -1.59. The maximum Gasteiger partial charge on any atom is 0.410 e. The molecule has 8 heteroatoms. The molecule has 4 bridgehead atoms. The molecule has 1 aromatic carbocycles. The molecule has 35 heavy (non-hydrogen) atoms. The highest BCUT2D eigenvalue weighted by Crippen LogP contribution is 2.75. The van der Waals surface area contributed by atoms with Crippen LogP contribution in [0.2, 0.25) is 0 Å². The van der Waals surface area contributed by atoms with Crippen LogP contribution in [0.25, 0.3) is 0 Å². The summed E-state index contributed by atoms with van der Waals surface area (Å²) >= 11 is 17.6. The number of carbonyl (C=O) groups excluding carboxylic acids is 1. The summed E-state index contributed by atoms with van der Waals surface area (Å²) in [7, 11) is 1.76. The summed E-state index contributed by atoms with van der Waals surface area (Å²) < 4.78 is 9.61. The minimum Gasteiger partial charge on any atom is -0.497 e. The molecular weight excluding hydrogens is 507 g/mol. The third-order valence-electron chi connectivity index (χ3n) is 10.6. The van der Waals surface area contributed by atoms with Crippen molar-refractivity contribution in [3.05, 3.63) is 29.3 Å². The van der Waals surface area contributed by atoms with Gasteiger partial charge in [-0.05, 0) is 97.9 Å². The van der Waals surface area contributed by atoms with E-state index in [1.54, 1.807) is 7.11 Å². The number of rotatable bonds is 4. The number of piperidine rings is 1. The van der Waals surface area contributed by atoms with E-state index >= 15 is 0 Å². The number of hydrogen-bond donors (Lipinski definition) is 0. The number of hydrogen-bond acceptors (Lipinski definition) is 4. The molecule has 6 aliphatic rings. The van der Waals surface area contributed by atoms with Gasteiger partial charge in [0.1, 0.15) is 12.4 Å². The Morgan fingerprint density at radius 2 is 2.03 bits per heavy atom. The van der Waals surface area contributed by atoms with E-state index in [1.807, 2.05) is 4.90 Å². The predicted molar refractivity (Wildman–Crippen MR) is 136 cm³/mol. The summed E-state index contributed by atoms with van der Waals surface area (Å²) in [6.07, 6.45) is 8.19. The summed E-state index contributed by atoms with van der Waals surface area (Å²) in [6.45, 7) is 2.96. The van der Waals surface area contributed by atoms with E-state index in [1.165, 1.54) is 49.8 Å². The number of ether oxygens (including phenoxy) is 2. The van der Waals surface area contributed by atoms with Gasteiger partial charge >= 0.3 is 6.09 Å². The number of fused-ring (bicyclic) bond motifs is 1. The molecule has 5 nitrogen and oxygen atoms in total. The van der Waals surface area contributed by atoms with Crippen LogP contribution < -0.4 is 4.74 Å². The topological polar surface area (TPSA) is 42.0 Å². The van der Waals surface area contributed by atoms with E-state index in [0.717, 1.165) is 37.6 Å². The number of amides is 1. The molecular formula is C27H33Cl3N2O3. The van der Waals surface area contributed by atoms with Gasteiger partial charge in [-0.2, -0.15) is 0 Å². The van der Waals surface area contributed by atoms with Gasteiger partial charge < -0.3 is 14.4 Å². The van der Waals surface area contributed by atoms with E-state index in [-0.39, 0.29) is 24.2 Å². The Morgan fingerprint density at radius 1 is 1.20 bits per heavy atom. The second-order valence-electron chi connectivity index (χ2n) is 12.0. The van der Waals surface area contributed by atoms with Crippen molar-refractivity contribution in [3.63, 3.8) is 0 Å². The quantitative estimate of drug-likeness (QED) is 0.469. The van der Waals surface area contributed by atoms with Crippen molar-refractivity contribution in [2.45, 2.75) is 66.2 Å². The molecule has 6 atom stereocenters. The number of nitrogens with zero attached hydrogens (tertiary/aromatic N) is 2. The summed E-state index contributed by atoms with van der Waals surface area (Å²) in [5.74, 6) is 2.79. The summed E-state index contributed by atoms with van der Waals surface area (Å²) in [5, 5.41) is 0. The normalized spacial score (nSPS) is 39.3. The molecule has 2 saturated heterocycles. The van der Waals surface area contributed by atoms with Crippen LogP contribution in [-0.2, 0) is 16.6 Å². The molecule has 0 spiro atoms. The smallest absolute Gasteiger partial charge is 0.410 e. The van der Waals surface area contributed by atoms with Gasteiger partial charge in [0.2, 0.25) is 3.79 Å². The third-order valence-corrected chi connectivity index (χ3v) is 10.9. The predicted octanol–water partition coefficient (Wildman–Crippen LogP) is 5.58. The van der Waals surface area contributed by atoms with Gasteiger partial charge in [0.05, 0.1) is 7.11 Å². The van der Waals surface area contributed by atoms with E-state index in [0.29, 0.717) is 23.3 Å². The highest BCUT2D eigenvalue weighted by Gasteiger charge is 2.76. The lowest BCUT2D eigenvalue weighted by Gasteiger charge is -2.66. The monoisotopic (exact) mass is 538 g/mol. The third kappa shape index (κ3) is 3.26. The summed E-state index contributed by atoms with van der Waals surface area (Å²) in [5.41, 5.74) is 3.38. The molecule has 0 radical (unpaired) electrons. The van der Waals surface area contributed by atoms with Crippen molar-refractivity contribution in [2.75, 3.05) is 33.4 Å². The first-order valence-corrected chi connectivity index (χ1v) is 14.3. The van der Waals surface area contributed by atoms with Crippen molar-refractivity contribution >= 4 is 40.9 Å². The van der Waals surface area contributed by atoms with Gasteiger partial charge in [-0.25, -0.2) is 4.79 Å². The van der Waals surface area contributed by atoms with Gasteiger partial charge in [0.15, 0.2) is 0 Å². The number of benzene rings is 1. The van der Waals surface area contributed by atoms with Gasteiger partial charge in [0.25, 0.3) is 0 Å². The second-order valence-corrected chi connectivity index (χ2v) is 14.5. The van der Waals surface area contributed by atoms with Crippen LogP contribution in [0.15, 0.2) is 18.2 Å². The number of halogens is 3. The van der Waals surface area contributed by atoms with Crippen LogP contribution in [0.1, 0.15) is 49.7 Å². The van der Waals surface area contributed by atoms with Crippen LogP contribution in [0.5, 0.6) is 5.75 Å². The fourth-order valence-electron chi connectivity index (χ4n) is 9.50. The van der Waals surface area contributed by atoms with Crippen LogP contribution >= 0.6 is 34.8 Å². The summed E-state index contributed by atoms with van der Waals surface area (Å²) in [6, 6.07) is 7.58. The first-order chi connectivity index (χ1) is 16.8. The lowest BCUT2D eigenvalue weighted by molar-refractivity contribution is -0.103. The van der Waals surface area contributed by atoms with E-state index in [9.17, 15) is 4.79 Å². The standard InChI is InChI=1S/C27H33Cl3N2O3/c1-34-19-5-4-17-10-22-25-7-6-21-23(18(12-25)14-32(21)24(33)35-15-27(28,29)30)26(25,20(17)11-19)8-9-31(22)13-16-2-3-16/h4-5,11,16,18,21-23H,2-3,6-10,12-15H2,1H3/t18-,21-,22-,23-,25-,26+/m1/s1. The first kappa shape index (κ1) is 23.3. The molecule has 1 amide bonds. The van der Waals surface area contributed by atoms with Gasteiger partial charge in [-0.15, -0.1) is 0 Å². The number of methoxy groups -OCH3 is 1. The molecule has 2 heterocycles. The van der Waals surface area contributed by atoms with Gasteiger partial charge in [-0.3, -0.25) is 4.90 Å². The zero-order chi connectivity index (χ0) is 24.2. The van der Waals surface area contributed by atoms with Crippen LogP contribution in [0.3, 0.4) is 0 Å². The molecule has 0 unspecified atom stereocenters. The average molecular weight is 540 g/mol. The number of alkyl halides is 3. The lowest BCUT2D eigenvalue weighted by Crippen LogP contribution is -2.70. The largest absolute Gasteiger partial charge is 0.497 e. The highest BCUT2D eigenvalue weighted by molar-refractivity contribution is 6.67. The van der Waals surface area contributed by atoms with E-state index < -0.39 is 3.79 Å². The Bertz CT molecular complexity index is 1060. The highest BCUT2D eigenvalue weighted by atomic mass is 35.6. The lowest BCUT2D eigenvalue weighted by atomic mass is 9.43. The SMILES string of the molecule is COc1ccc2c(c1)[C@]13CCN(CC4CC4)[C@H](C2)[C@]12CC[C@@H]1[C@H]3[C@@H](CN1C(=O)OCC(Cl)(Cl)Cl)C2. The number of carbonyl (C=O) groups is 1. The minimum absolute atomic E-state index is 0.0949. The zero-order valence-electron chi connectivity index (χ0n) is 20.2. The molecule has 0 N–H and O–H groups in total. The van der Waals surface area contributed by atoms with Crippen molar-refractivity contribution in [2.24, 2.45) is 23.2 Å². The number of likely N-dealkylation sites (tertiary alicyclic amines) is 2. The van der Waals surface area contributed by atoms with Crippen LogP contribution in [-0.4, -0.2) is 65.1 Å². The Kier molecular flexibility index (Phi) is 5.19. The maximum atomic E-state index is 13.2. The average Bonchev–Trinajstić information content (AvgIpc) is 3.51.